The molecule has 1 aromatic heterocycles. The molecule has 0 aliphatic rings. The second kappa shape index (κ2) is 9.11. The van der Waals surface area contributed by atoms with Gasteiger partial charge in [-0.1, -0.05) is 31.2 Å². The summed E-state index contributed by atoms with van der Waals surface area (Å²) in [4.78, 5) is 21.1. The van der Waals surface area contributed by atoms with E-state index in [0.717, 1.165) is 0 Å². The van der Waals surface area contributed by atoms with E-state index in [-0.39, 0.29) is 46.1 Å². The van der Waals surface area contributed by atoms with Gasteiger partial charge in [0.15, 0.2) is 0 Å². The van der Waals surface area contributed by atoms with Crippen LogP contribution in [0.1, 0.15) is 35.1 Å². The van der Waals surface area contributed by atoms with Crippen LogP contribution in [0.15, 0.2) is 54.7 Å². The van der Waals surface area contributed by atoms with Crippen LogP contribution in [-0.4, -0.2) is 22.5 Å². The molecule has 3 aromatic rings. The quantitative estimate of drug-likeness (QED) is 0.478. The molecule has 1 heterocycles. The fraction of sp³-hybridized carbons (Fsp3) is 0.227. The van der Waals surface area contributed by atoms with Gasteiger partial charge in [-0.15, -0.1) is 0 Å². The molecule has 1 amide bonds. The molecule has 9 heteroatoms. The largest absolute Gasteiger partial charge is 0.434 e. The van der Waals surface area contributed by atoms with Crippen LogP contribution in [0.25, 0.3) is 11.3 Å². The van der Waals surface area contributed by atoms with Crippen LogP contribution in [0.5, 0.6) is 5.75 Å². The number of nitrogens with one attached hydrogen (secondary N) is 1. The number of benzene rings is 2. The zero-order valence-corrected chi connectivity index (χ0v) is 16.7. The van der Waals surface area contributed by atoms with Gasteiger partial charge in [0.05, 0.1) is 17.6 Å². The van der Waals surface area contributed by atoms with Gasteiger partial charge in [-0.2, -0.15) is 8.78 Å². The van der Waals surface area contributed by atoms with E-state index in [1.807, 2.05) is 0 Å². The molecule has 0 fully saturated rings. The van der Waals surface area contributed by atoms with Crippen LogP contribution in [-0.2, 0) is 5.92 Å². The van der Waals surface area contributed by atoms with E-state index in [0.29, 0.717) is 0 Å². The summed E-state index contributed by atoms with van der Waals surface area (Å²) >= 11 is 0. The normalized spacial score (nSPS) is 11.5. The molecule has 0 radical (unpaired) electrons. The summed E-state index contributed by atoms with van der Waals surface area (Å²) in [5.41, 5.74) is 0.541. The Morgan fingerprint density at radius 2 is 1.90 bits per heavy atom. The number of carbonyl (C=O) groups is 1. The Bertz CT molecular complexity index is 1090. The predicted octanol–water partition coefficient (Wildman–Crippen LogP) is 5.81. The number of alkyl halides is 4. The predicted molar refractivity (Wildman–Crippen MR) is 107 cm³/mol. The van der Waals surface area contributed by atoms with Crippen molar-refractivity contribution in [1.82, 2.24) is 9.97 Å². The molecule has 2 aromatic carbocycles. The van der Waals surface area contributed by atoms with Crippen LogP contribution in [0.4, 0.5) is 23.2 Å². The summed E-state index contributed by atoms with van der Waals surface area (Å²) in [5.74, 6) is -3.81. The number of nitrogens with zero attached hydrogens (tertiary/aromatic N) is 2. The van der Waals surface area contributed by atoms with Crippen molar-refractivity contribution in [2.24, 2.45) is 0 Å². The molecule has 31 heavy (non-hydrogen) atoms. The smallest absolute Gasteiger partial charge is 0.387 e. The average molecular weight is 433 g/mol. The number of anilines is 1. The highest BCUT2D eigenvalue weighted by Crippen LogP contribution is 2.33. The molecular formula is C22H19F4N3O2. The summed E-state index contributed by atoms with van der Waals surface area (Å²) in [6.07, 6.45) is 0.958. The Morgan fingerprint density at radius 1 is 1.16 bits per heavy atom. The van der Waals surface area contributed by atoms with E-state index in [2.05, 4.69) is 20.0 Å². The molecule has 0 spiro atoms. The van der Waals surface area contributed by atoms with E-state index in [1.54, 1.807) is 13.0 Å². The minimum atomic E-state index is -3.03. The van der Waals surface area contributed by atoms with Gasteiger partial charge in [0.2, 0.25) is 0 Å². The number of rotatable bonds is 7. The fourth-order valence-corrected chi connectivity index (χ4v) is 2.89. The first-order valence-electron chi connectivity index (χ1n) is 9.39. The molecule has 0 saturated heterocycles. The number of halogens is 4. The third kappa shape index (κ3) is 5.17. The molecule has 0 aliphatic heterocycles. The van der Waals surface area contributed by atoms with Crippen molar-refractivity contribution in [2.75, 3.05) is 5.32 Å². The van der Waals surface area contributed by atoms with Crippen molar-refractivity contribution >= 4 is 11.6 Å². The third-order valence-electron chi connectivity index (χ3n) is 4.54. The number of ether oxygens (including phenoxy) is 1. The van der Waals surface area contributed by atoms with Crippen molar-refractivity contribution in [3.8, 4) is 17.0 Å². The molecule has 0 atom stereocenters. The number of para-hydroxylation sites is 1. The zero-order valence-electron chi connectivity index (χ0n) is 16.7. The lowest BCUT2D eigenvalue weighted by atomic mass is 10.1. The molecule has 0 unspecified atom stereocenters. The minimum absolute atomic E-state index is 0.0722. The first-order chi connectivity index (χ1) is 14.7. The van der Waals surface area contributed by atoms with Gasteiger partial charge in [0, 0.05) is 23.2 Å². The van der Waals surface area contributed by atoms with E-state index >= 15 is 0 Å². The molecule has 1 N–H and O–H groups in total. The Hall–Kier alpha value is -3.49. The summed E-state index contributed by atoms with van der Waals surface area (Å²) in [7, 11) is 0. The van der Waals surface area contributed by atoms with Gasteiger partial charge >= 0.3 is 6.61 Å². The fourth-order valence-electron chi connectivity index (χ4n) is 2.89. The van der Waals surface area contributed by atoms with Crippen LogP contribution in [0.3, 0.4) is 0 Å². The van der Waals surface area contributed by atoms with Crippen molar-refractivity contribution in [2.45, 2.75) is 32.8 Å². The molecule has 5 nitrogen and oxygen atoms in total. The SMILES string of the molecule is CCC(F)(F)c1cccc(NC(=O)c2nc(-c3ccccc3OC(F)F)cnc2C)c1. The van der Waals surface area contributed by atoms with Gasteiger partial charge in [0.25, 0.3) is 11.8 Å². The molecule has 3 rings (SSSR count). The van der Waals surface area contributed by atoms with Crippen molar-refractivity contribution in [3.05, 3.63) is 71.7 Å². The lowest BCUT2D eigenvalue weighted by molar-refractivity contribution is -0.0494. The molecule has 0 aliphatic carbocycles. The number of hydrogen-bond acceptors (Lipinski definition) is 4. The number of amides is 1. The van der Waals surface area contributed by atoms with E-state index in [4.69, 9.17) is 0 Å². The maximum absolute atomic E-state index is 14.0. The molecular weight excluding hydrogens is 414 g/mol. The first-order valence-corrected chi connectivity index (χ1v) is 9.39. The average Bonchev–Trinajstić information content (AvgIpc) is 2.74. The Labute approximate surface area is 176 Å². The molecule has 0 saturated carbocycles. The van der Waals surface area contributed by atoms with Crippen LogP contribution in [0.2, 0.25) is 0 Å². The van der Waals surface area contributed by atoms with Gasteiger partial charge in [0.1, 0.15) is 11.4 Å². The highest BCUT2D eigenvalue weighted by molar-refractivity contribution is 6.03. The first kappa shape index (κ1) is 22.2. The number of carbonyl (C=O) groups excluding carboxylic acids is 1. The van der Waals surface area contributed by atoms with Gasteiger partial charge in [-0.05, 0) is 31.2 Å². The zero-order chi connectivity index (χ0) is 22.6. The molecule has 162 valence electrons. The van der Waals surface area contributed by atoms with Gasteiger partial charge in [-0.25, -0.2) is 13.8 Å². The van der Waals surface area contributed by atoms with Gasteiger partial charge in [-0.3, -0.25) is 9.78 Å². The Morgan fingerprint density at radius 3 is 2.61 bits per heavy atom. The number of aryl methyl sites for hydroxylation is 1. The summed E-state index contributed by atoms with van der Waals surface area (Å²) in [5, 5.41) is 2.54. The van der Waals surface area contributed by atoms with Crippen molar-refractivity contribution < 1.29 is 27.1 Å². The topological polar surface area (TPSA) is 64.1 Å². The number of hydrogen-bond donors (Lipinski definition) is 1. The van der Waals surface area contributed by atoms with E-state index in [1.165, 1.54) is 55.6 Å². The van der Waals surface area contributed by atoms with Crippen LogP contribution >= 0.6 is 0 Å². The summed E-state index contributed by atoms with van der Waals surface area (Å²) in [6.45, 7) is -0.115. The number of aromatic nitrogens is 2. The lowest BCUT2D eigenvalue weighted by Crippen LogP contribution is -2.18. The monoisotopic (exact) mass is 433 g/mol. The Balaban J connectivity index is 1.91. The minimum Gasteiger partial charge on any atom is -0.434 e. The maximum Gasteiger partial charge on any atom is 0.387 e. The van der Waals surface area contributed by atoms with E-state index in [9.17, 15) is 22.4 Å². The second-order valence-corrected chi connectivity index (χ2v) is 6.66. The highest BCUT2D eigenvalue weighted by Gasteiger charge is 2.29. The maximum atomic E-state index is 14.0. The van der Waals surface area contributed by atoms with Crippen molar-refractivity contribution in [3.63, 3.8) is 0 Å². The standard InChI is InChI=1S/C22H19F4N3O2/c1-3-22(25,26)14-7-6-8-15(11-14)28-20(30)19-13(2)27-12-17(29-19)16-9-4-5-10-18(16)31-21(23)24/h4-12,21H,3H2,1-2H3,(H,28,30). The van der Waals surface area contributed by atoms with Crippen LogP contribution < -0.4 is 10.1 Å². The van der Waals surface area contributed by atoms with Crippen molar-refractivity contribution in [1.29, 1.82) is 0 Å². The lowest BCUT2D eigenvalue weighted by Gasteiger charge is -2.16. The van der Waals surface area contributed by atoms with E-state index < -0.39 is 18.4 Å². The third-order valence-corrected chi connectivity index (χ3v) is 4.54. The summed E-state index contributed by atoms with van der Waals surface area (Å²) in [6, 6.07) is 11.4. The Kier molecular flexibility index (Phi) is 6.53. The van der Waals surface area contributed by atoms with Crippen LogP contribution in [0, 0.1) is 6.92 Å². The second-order valence-electron chi connectivity index (χ2n) is 6.66. The summed E-state index contributed by atoms with van der Waals surface area (Å²) < 4.78 is 57.8. The van der Waals surface area contributed by atoms with Gasteiger partial charge < -0.3 is 10.1 Å². The molecule has 0 bridgehead atoms. The highest BCUT2D eigenvalue weighted by atomic mass is 19.3.